The molecule has 27 heavy (non-hydrogen) atoms. The maximum Gasteiger partial charge on any atom is 0.864 e. The largest absolute Gasteiger partial charge is 0.864 e. The van der Waals surface area contributed by atoms with Crippen LogP contribution in [0.25, 0.3) is 0 Å². The highest BCUT2D eigenvalue weighted by Crippen LogP contribution is 2.35. The molecule has 0 radical (unpaired) electrons. The van der Waals surface area contributed by atoms with E-state index in [9.17, 15) is 5.02 Å². The van der Waals surface area contributed by atoms with E-state index in [1.165, 1.54) is 0 Å². The normalized spacial score (nSPS) is 11.9. The number of hydrogen-bond acceptors (Lipinski definition) is 6. The number of fused-ring (bicyclic) bond motifs is 1. The fourth-order valence-electron chi connectivity index (χ4n) is 2.60. The van der Waals surface area contributed by atoms with Crippen LogP contribution in [0.5, 0.6) is 28.7 Å². The van der Waals surface area contributed by atoms with Gasteiger partial charge >= 0.3 is 14.6 Å². The van der Waals surface area contributed by atoms with E-state index in [4.69, 9.17) is 23.3 Å². The Morgan fingerprint density at radius 2 is 1.26 bits per heavy atom. The molecule has 1 heterocycles. The van der Waals surface area contributed by atoms with Crippen molar-refractivity contribution in [2.24, 2.45) is 0 Å². The Balaban J connectivity index is 1.43. The van der Waals surface area contributed by atoms with Gasteiger partial charge in [0.15, 0.2) is 0 Å². The van der Waals surface area contributed by atoms with Crippen molar-refractivity contribution in [2.75, 3.05) is 0 Å². The predicted molar refractivity (Wildman–Crippen MR) is 101 cm³/mol. The number of benzene rings is 3. The number of aryl methyl sites for hydroxylation is 1. The quantitative estimate of drug-likeness (QED) is 0.680. The second-order valence-electron chi connectivity index (χ2n) is 5.84. The molecule has 0 spiro atoms. The van der Waals surface area contributed by atoms with Crippen molar-refractivity contribution in [1.29, 1.82) is 0 Å². The summed E-state index contributed by atoms with van der Waals surface area (Å²) in [4.78, 5) is 0. The molecule has 6 nitrogen and oxygen atoms in total. The molecule has 0 bridgehead atoms. The van der Waals surface area contributed by atoms with E-state index in [2.05, 4.69) is 0 Å². The van der Waals surface area contributed by atoms with Crippen LogP contribution in [-0.4, -0.2) is 19.7 Å². The lowest BCUT2D eigenvalue weighted by molar-refractivity contribution is 0.286. The molecule has 0 unspecified atom stereocenters. The summed E-state index contributed by atoms with van der Waals surface area (Å²) in [6.45, 7) is 1.88. The maximum absolute atomic E-state index is 10.1. The summed E-state index contributed by atoms with van der Waals surface area (Å²) < 4.78 is 27.8. The Labute approximate surface area is 157 Å². The first kappa shape index (κ1) is 17.2. The minimum atomic E-state index is -1.50. The minimum Gasteiger partial charge on any atom is -0.501 e. The van der Waals surface area contributed by atoms with Crippen molar-refractivity contribution >= 4 is 14.6 Å². The zero-order valence-corrected chi connectivity index (χ0v) is 14.6. The van der Waals surface area contributed by atoms with Crippen molar-refractivity contribution in [3.8, 4) is 28.7 Å². The van der Waals surface area contributed by atoms with E-state index in [1.54, 1.807) is 42.5 Å². The van der Waals surface area contributed by atoms with E-state index in [0.717, 1.165) is 5.56 Å². The molecule has 1 aliphatic rings. The van der Waals surface area contributed by atoms with Crippen molar-refractivity contribution in [3.63, 3.8) is 0 Å². The summed E-state index contributed by atoms with van der Waals surface area (Å²) in [5, 5.41) is 10.1. The van der Waals surface area contributed by atoms with Gasteiger partial charge in [-0.2, -0.15) is 0 Å². The van der Waals surface area contributed by atoms with Gasteiger partial charge in [0.1, 0.15) is 28.7 Å². The Morgan fingerprint density at radius 3 is 1.93 bits per heavy atom. The number of para-hydroxylation sites is 5. The molecular formula is C19H16B2O6. The lowest BCUT2D eigenvalue weighted by atomic mass is 10.1. The average molecular weight is 362 g/mol. The molecular weight excluding hydrogens is 346 g/mol. The third kappa shape index (κ3) is 3.96. The molecule has 3 aromatic carbocycles. The van der Waals surface area contributed by atoms with Crippen LogP contribution in [-0.2, 0) is 0 Å². The van der Waals surface area contributed by atoms with Crippen LogP contribution >= 0.6 is 0 Å². The summed E-state index contributed by atoms with van der Waals surface area (Å²) in [6, 6.07) is 21.5. The Morgan fingerprint density at radius 1 is 0.741 bits per heavy atom. The monoisotopic (exact) mass is 362 g/mol. The molecule has 1 N–H and O–H groups in total. The average Bonchev–Trinajstić information content (AvgIpc) is 3.07. The summed E-state index contributed by atoms with van der Waals surface area (Å²) in [5.41, 5.74) is 0.884. The maximum atomic E-state index is 10.1. The molecule has 134 valence electrons. The summed E-state index contributed by atoms with van der Waals surface area (Å²) in [6.07, 6.45) is 0. The van der Waals surface area contributed by atoms with Gasteiger partial charge < -0.3 is 28.3 Å². The van der Waals surface area contributed by atoms with Gasteiger partial charge in [0.05, 0.1) is 0 Å². The molecule has 0 atom stereocenters. The van der Waals surface area contributed by atoms with Crippen LogP contribution in [0.4, 0.5) is 0 Å². The summed E-state index contributed by atoms with van der Waals surface area (Å²) in [5.74, 6) is 2.37. The molecule has 0 aliphatic carbocycles. The van der Waals surface area contributed by atoms with Gasteiger partial charge in [-0.15, -0.1) is 0 Å². The van der Waals surface area contributed by atoms with Crippen LogP contribution in [0.1, 0.15) is 5.56 Å². The van der Waals surface area contributed by atoms with Gasteiger partial charge in [-0.3, -0.25) is 0 Å². The first-order chi connectivity index (χ1) is 13.2. The number of rotatable bonds is 6. The SMILES string of the molecule is Cc1ccccc1OB(O)Oc1ccccc1OB1Oc2ccccc2O1. The topological polar surface area (TPSA) is 66.4 Å². The third-order valence-electron chi connectivity index (χ3n) is 3.92. The lowest BCUT2D eigenvalue weighted by Gasteiger charge is -2.16. The molecule has 1 aliphatic heterocycles. The highest BCUT2D eigenvalue weighted by molar-refractivity contribution is 6.41. The van der Waals surface area contributed by atoms with Crippen molar-refractivity contribution in [1.82, 2.24) is 0 Å². The molecule has 3 aromatic rings. The van der Waals surface area contributed by atoms with E-state index in [0.29, 0.717) is 28.7 Å². The van der Waals surface area contributed by atoms with Gasteiger partial charge in [-0.1, -0.05) is 42.5 Å². The predicted octanol–water partition coefficient (Wildman–Crippen LogP) is 3.27. The van der Waals surface area contributed by atoms with Crippen molar-refractivity contribution in [3.05, 3.63) is 78.4 Å². The van der Waals surface area contributed by atoms with Crippen LogP contribution < -0.4 is 23.3 Å². The Hall–Kier alpha value is -3.25. The highest BCUT2D eigenvalue weighted by atomic mass is 16.8. The zero-order chi connectivity index (χ0) is 18.6. The molecule has 0 aromatic heterocycles. The van der Waals surface area contributed by atoms with Crippen molar-refractivity contribution in [2.45, 2.75) is 6.92 Å². The Bertz CT molecular complexity index is 910. The second-order valence-corrected chi connectivity index (χ2v) is 5.84. The van der Waals surface area contributed by atoms with Crippen LogP contribution in [0.15, 0.2) is 72.8 Å². The standard InChI is InChI=1S/C19H16B2O6/c1-14-8-2-3-9-15(14)23-20(22)24-16-10-4-5-11-17(16)25-21-26-18-12-6-7-13-19(18)27-21/h2-13,22H,1H3. The smallest absolute Gasteiger partial charge is 0.501 e. The highest BCUT2D eigenvalue weighted by Gasteiger charge is 2.38. The second kappa shape index (κ2) is 7.55. The van der Waals surface area contributed by atoms with Crippen LogP contribution in [0.3, 0.4) is 0 Å². The lowest BCUT2D eigenvalue weighted by Crippen LogP contribution is -2.33. The van der Waals surface area contributed by atoms with Gasteiger partial charge in [0.2, 0.25) is 0 Å². The fourth-order valence-corrected chi connectivity index (χ4v) is 2.60. The van der Waals surface area contributed by atoms with Gasteiger partial charge in [-0.25, -0.2) is 0 Å². The first-order valence-electron chi connectivity index (χ1n) is 8.44. The van der Waals surface area contributed by atoms with E-state index in [1.807, 2.05) is 37.3 Å². The van der Waals surface area contributed by atoms with Crippen LogP contribution in [0.2, 0.25) is 0 Å². The molecule has 0 saturated carbocycles. The van der Waals surface area contributed by atoms with Gasteiger partial charge in [-0.05, 0) is 42.8 Å². The molecule has 0 saturated heterocycles. The Kier molecular flexibility index (Phi) is 4.80. The summed E-state index contributed by atoms with van der Waals surface area (Å²) >= 11 is 0. The van der Waals surface area contributed by atoms with E-state index < -0.39 is 14.6 Å². The van der Waals surface area contributed by atoms with Crippen molar-refractivity contribution < 1.29 is 28.3 Å². The third-order valence-corrected chi connectivity index (χ3v) is 3.92. The van der Waals surface area contributed by atoms with Gasteiger partial charge in [0.25, 0.3) is 0 Å². The minimum absolute atomic E-state index is 0.293. The summed E-state index contributed by atoms with van der Waals surface area (Å²) in [7, 11) is -2.44. The van der Waals surface area contributed by atoms with E-state index >= 15 is 0 Å². The molecule has 4 rings (SSSR count). The first-order valence-corrected chi connectivity index (χ1v) is 8.44. The van der Waals surface area contributed by atoms with Crippen LogP contribution in [0, 0.1) is 6.92 Å². The van der Waals surface area contributed by atoms with E-state index in [-0.39, 0.29) is 0 Å². The molecule has 0 amide bonds. The fraction of sp³-hybridized carbons (Fsp3) is 0.0526. The molecule has 0 fully saturated rings. The zero-order valence-electron chi connectivity index (χ0n) is 14.6. The molecule has 8 heteroatoms. The number of hydrogen-bond donors (Lipinski definition) is 1. The van der Waals surface area contributed by atoms with Gasteiger partial charge in [0, 0.05) is 0 Å².